The lowest BCUT2D eigenvalue weighted by Gasteiger charge is -2.13. The standard InChI is InChI=1S/C18H17NO2/c1-13-11-16(20)12-15-7-8-17(21)19(18(13)15)10-9-14-5-3-2-4-6-14/h2-8,11-12,20H,9-10H2,1H3. The molecule has 0 saturated heterocycles. The van der Waals surface area contributed by atoms with Crippen LogP contribution in [0.4, 0.5) is 0 Å². The molecule has 0 unspecified atom stereocenters. The number of hydrogen-bond acceptors (Lipinski definition) is 2. The van der Waals surface area contributed by atoms with Crippen LogP contribution in [0.1, 0.15) is 11.1 Å². The number of phenolic OH excluding ortho intramolecular Hbond substituents is 1. The third-order valence-electron chi connectivity index (χ3n) is 3.72. The minimum absolute atomic E-state index is 0.00720. The molecule has 0 fully saturated rings. The van der Waals surface area contributed by atoms with Gasteiger partial charge >= 0.3 is 0 Å². The Kier molecular flexibility index (Phi) is 3.48. The summed E-state index contributed by atoms with van der Waals surface area (Å²) in [7, 11) is 0. The lowest BCUT2D eigenvalue weighted by Crippen LogP contribution is -2.21. The molecule has 1 N–H and O–H groups in total. The molecule has 2 aromatic carbocycles. The van der Waals surface area contributed by atoms with Crippen molar-refractivity contribution in [3.8, 4) is 5.75 Å². The van der Waals surface area contributed by atoms with Gasteiger partial charge in [0.05, 0.1) is 5.52 Å². The fraction of sp³-hybridized carbons (Fsp3) is 0.167. The number of aromatic hydroxyl groups is 1. The molecule has 1 heterocycles. The molecule has 1 aromatic heterocycles. The van der Waals surface area contributed by atoms with Gasteiger partial charge in [0.2, 0.25) is 0 Å². The fourth-order valence-electron chi connectivity index (χ4n) is 2.75. The van der Waals surface area contributed by atoms with E-state index in [4.69, 9.17) is 0 Å². The Hall–Kier alpha value is -2.55. The Morgan fingerprint density at radius 3 is 2.57 bits per heavy atom. The molecule has 3 rings (SSSR count). The van der Waals surface area contributed by atoms with Crippen molar-refractivity contribution >= 4 is 10.9 Å². The molecule has 3 nitrogen and oxygen atoms in total. The van der Waals surface area contributed by atoms with Crippen LogP contribution in [0.2, 0.25) is 0 Å². The molecule has 0 atom stereocenters. The molecular formula is C18H17NO2. The van der Waals surface area contributed by atoms with Crippen molar-refractivity contribution in [3.05, 3.63) is 76.1 Å². The van der Waals surface area contributed by atoms with E-state index < -0.39 is 0 Å². The molecule has 0 spiro atoms. The van der Waals surface area contributed by atoms with Crippen LogP contribution >= 0.6 is 0 Å². The first kappa shape index (κ1) is 13.4. The molecule has 0 radical (unpaired) electrons. The van der Waals surface area contributed by atoms with Crippen LogP contribution in [0.25, 0.3) is 10.9 Å². The number of aromatic nitrogens is 1. The van der Waals surface area contributed by atoms with Crippen molar-refractivity contribution < 1.29 is 5.11 Å². The number of nitrogens with zero attached hydrogens (tertiary/aromatic N) is 1. The van der Waals surface area contributed by atoms with Gasteiger partial charge in [0.15, 0.2) is 0 Å². The largest absolute Gasteiger partial charge is 0.508 e. The molecule has 3 aromatic rings. The van der Waals surface area contributed by atoms with Crippen LogP contribution in [0.3, 0.4) is 0 Å². The fourth-order valence-corrected chi connectivity index (χ4v) is 2.75. The van der Waals surface area contributed by atoms with E-state index in [0.717, 1.165) is 22.9 Å². The Morgan fingerprint density at radius 1 is 1.05 bits per heavy atom. The first-order valence-corrected chi connectivity index (χ1v) is 7.02. The summed E-state index contributed by atoms with van der Waals surface area (Å²) in [5.41, 5.74) is 3.01. The SMILES string of the molecule is Cc1cc(O)cc2ccc(=O)n(CCc3ccccc3)c12. The Balaban J connectivity index is 2.05. The Bertz CT molecular complexity index is 835. The van der Waals surface area contributed by atoms with Crippen molar-refractivity contribution in [2.45, 2.75) is 19.9 Å². The third-order valence-corrected chi connectivity index (χ3v) is 3.72. The minimum Gasteiger partial charge on any atom is -0.508 e. The van der Waals surface area contributed by atoms with Crippen LogP contribution in [-0.2, 0) is 13.0 Å². The van der Waals surface area contributed by atoms with E-state index in [9.17, 15) is 9.90 Å². The zero-order valence-electron chi connectivity index (χ0n) is 11.9. The molecule has 0 bridgehead atoms. The number of phenols is 1. The lowest BCUT2D eigenvalue weighted by molar-refractivity contribution is 0.475. The molecule has 0 aliphatic heterocycles. The lowest BCUT2D eigenvalue weighted by atomic mass is 10.1. The van der Waals surface area contributed by atoms with E-state index in [2.05, 4.69) is 12.1 Å². The molecule has 106 valence electrons. The monoisotopic (exact) mass is 279 g/mol. The number of rotatable bonds is 3. The quantitative estimate of drug-likeness (QED) is 0.799. The van der Waals surface area contributed by atoms with Gasteiger partial charge in [0, 0.05) is 18.0 Å². The van der Waals surface area contributed by atoms with Crippen molar-refractivity contribution in [3.63, 3.8) is 0 Å². The molecule has 0 aliphatic rings. The van der Waals surface area contributed by atoms with Crippen molar-refractivity contribution in [1.29, 1.82) is 0 Å². The van der Waals surface area contributed by atoms with E-state index >= 15 is 0 Å². The third kappa shape index (κ3) is 2.68. The smallest absolute Gasteiger partial charge is 0.251 e. The summed E-state index contributed by atoms with van der Waals surface area (Å²) < 4.78 is 1.79. The predicted octanol–water partition coefficient (Wildman–Crippen LogP) is 3.26. The minimum atomic E-state index is -0.00720. The maximum absolute atomic E-state index is 12.2. The number of benzene rings is 2. The summed E-state index contributed by atoms with van der Waals surface area (Å²) in [4.78, 5) is 12.2. The summed E-state index contributed by atoms with van der Waals surface area (Å²) in [6.07, 6.45) is 0.806. The highest BCUT2D eigenvalue weighted by molar-refractivity contribution is 5.83. The van der Waals surface area contributed by atoms with Gasteiger partial charge in [-0.2, -0.15) is 0 Å². The van der Waals surface area contributed by atoms with Crippen LogP contribution in [0.5, 0.6) is 5.75 Å². The number of hydrogen-bond donors (Lipinski definition) is 1. The van der Waals surface area contributed by atoms with Crippen molar-refractivity contribution in [2.24, 2.45) is 0 Å². The summed E-state index contributed by atoms with van der Waals surface area (Å²) in [5, 5.41) is 10.6. The topological polar surface area (TPSA) is 42.2 Å². The molecule has 0 aliphatic carbocycles. The molecule has 3 heteroatoms. The zero-order valence-corrected chi connectivity index (χ0v) is 11.9. The second-order valence-corrected chi connectivity index (χ2v) is 5.26. The zero-order chi connectivity index (χ0) is 14.8. The summed E-state index contributed by atoms with van der Waals surface area (Å²) in [5.74, 6) is 0.230. The van der Waals surface area contributed by atoms with E-state index in [0.29, 0.717) is 6.54 Å². The van der Waals surface area contributed by atoms with Crippen LogP contribution < -0.4 is 5.56 Å². The Labute approximate surface area is 123 Å². The number of pyridine rings is 1. The first-order valence-electron chi connectivity index (χ1n) is 7.02. The summed E-state index contributed by atoms with van der Waals surface area (Å²) in [6.45, 7) is 2.55. The van der Waals surface area contributed by atoms with E-state index in [-0.39, 0.29) is 11.3 Å². The summed E-state index contributed by atoms with van der Waals surface area (Å²) in [6, 6.07) is 16.8. The molecule has 0 saturated carbocycles. The Morgan fingerprint density at radius 2 is 1.81 bits per heavy atom. The van der Waals surface area contributed by atoms with Gasteiger partial charge in [-0.3, -0.25) is 4.79 Å². The predicted molar refractivity (Wildman–Crippen MR) is 84.8 cm³/mol. The van der Waals surface area contributed by atoms with Crippen molar-refractivity contribution in [1.82, 2.24) is 4.57 Å². The highest BCUT2D eigenvalue weighted by atomic mass is 16.3. The van der Waals surface area contributed by atoms with Gasteiger partial charge in [-0.05, 0) is 42.7 Å². The van der Waals surface area contributed by atoms with Crippen LogP contribution in [-0.4, -0.2) is 9.67 Å². The van der Waals surface area contributed by atoms with Crippen LogP contribution in [0, 0.1) is 6.92 Å². The molecular weight excluding hydrogens is 262 g/mol. The molecule has 0 amide bonds. The highest BCUT2D eigenvalue weighted by Crippen LogP contribution is 2.23. The maximum atomic E-state index is 12.2. The number of fused-ring (bicyclic) bond motifs is 1. The van der Waals surface area contributed by atoms with Gasteiger partial charge in [0.1, 0.15) is 5.75 Å². The summed E-state index contributed by atoms with van der Waals surface area (Å²) >= 11 is 0. The normalized spacial score (nSPS) is 10.9. The number of aryl methyl sites for hydroxylation is 3. The van der Waals surface area contributed by atoms with E-state index in [1.165, 1.54) is 5.56 Å². The molecule has 21 heavy (non-hydrogen) atoms. The van der Waals surface area contributed by atoms with E-state index in [1.807, 2.05) is 25.1 Å². The average Bonchev–Trinajstić information content (AvgIpc) is 2.47. The average molecular weight is 279 g/mol. The van der Waals surface area contributed by atoms with Gasteiger partial charge < -0.3 is 9.67 Å². The highest BCUT2D eigenvalue weighted by Gasteiger charge is 2.07. The second kappa shape index (κ2) is 5.44. The van der Waals surface area contributed by atoms with Gasteiger partial charge in [-0.1, -0.05) is 30.3 Å². The second-order valence-electron chi connectivity index (χ2n) is 5.26. The van der Waals surface area contributed by atoms with Gasteiger partial charge in [-0.15, -0.1) is 0 Å². The first-order chi connectivity index (χ1) is 10.1. The van der Waals surface area contributed by atoms with Crippen LogP contribution in [0.15, 0.2) is 59.4 Å². The van der Waals surface area contributed by atoms with Gasteiger partial charge in [-0.25, -0.2) is 0 Å². The van der Waals surface area contributed by atoms with Crippen molar-refractivity contribution in [2.75, 3.05) is 0 Å². The maximum Gasteiger partial charge on any atom is 0.251 e. The van der Waals surface area contributed by atoms with E-state index in [1.54, 1.807) is 28.8 Å². The van der Waals surface area contributed by atoms with Gasteiger partial charge in [0.25, 0.3) is 5.56 Å².